The third kappa shape index (κ3) is 1.85. The lowest BCUT2D eigenvalue weighted by atomic mass is 9.94. The summed E-state index contributed by atoms with van der Waals surface area (Å²) < 4.78 is 5.85. The first kappa shape index (κ1) is 13.3. The Labute approximate surface area is 124 Å². The molecule has 0 radical (unpaired) electrons. The largest absolute Gasteiger partial charge is 0.383 e. The molecule has 0 N–H and O–H groups in total. The SMILES string of the molecule is COCCN1C(=O)c2cccc3c(Br)ccc(c23)C1=O. The van der Waals surface area contributed by atoms with Gasteiger partial charge in [0.2, 0.25) is 0 Å². The first-order chi connectivity index (χ1) is 9.65. The number of methoxy groups -OCH3 is 1. The second-order valence-electron chi connectivity index (χ2n) is 4.58. The number of imide groups is 1. The van der Waals surface area contributed by atoms with E-state index in [-0.39, 0.29) is 18.4 Å². The zero-order valence-corrected chi connectivity index (χ0v) is 12.4. The van der Waals surface area contributed by atoms with E-state index in [0.29, 0.717) is 17.7 Å². The summed E-state index contributed by atoms with van der Waals surface area (Å²) in [5.74, 6) is -0.522. The molecule has 0 aliphatic carbocycles. The van der Waals surface area contributed by atoms with Crippen LogP contribution in [0.15, 0.2) is 34.8 Å². The summed E-state index contributed by atoms with van der Waals surface area (Å²) in [5.41, 5.74) is 1.13. The number of carbonyl (C=O) groups excluding carboxylic acids is 2. The summed E-state index contributed by atoms with van der Waals surface area (Å²) in [6, 6.07) is 9.08. The molecule has 0 unspecified atom stereocenters. The van der Waals surface area contributed by atoms with Crippen molar-refractivity contribution in [2.75, 3.05) is 20.3 Å². The highest BCUT2D eigenvalue weighted by molar-refractivity contribution is 9.10. The number of rotatable bonds is 3. The van der Waals surface area contributed by atoms with Crippen LogP contribution in [-0.2, 0) is 4.74 Å². The minimum atomic E-state index is -0.261. The van der Waals surface area contributed by atoms with Gasteiger partial charge in [-0.05, 0) is 23.6 Å². The van der Waals surface area contributed by atoms with Gasteiger partial charge < -0.3 is 4.74 Å². The molecule has 0 bridgehead atoms. The van der Waals surface area contributed by atoms with E-state index >= 15 is 0 Å². The van der Waals surface area contributed by atoms with Gasteiger partial charge in [0, 0.05) is 28.1 Å². The maximum atomic E-state index is 12.5. The molecular formula is C15H12BrNO3. The van der Waals surface area contributed by atoms with Gasteiger partial charge in [-0.2, -0.15) is 0 Å². The van der Waals surface area contributed by atoms with E-state index in [0.717, 1.165) is 15.2 Å². The van der Waals surface area contributed by atoms with Gasteiger partial charge in [0.25, 0.3) is 11.8 Å². The fraction of sp³-hybridized carbons (Fsp3) is 0.200. The lowest BCUT2D eigenvalue weighted by Crippen LogP contribution is -2.42. The van der Waals surface area contributed by atoms with Crippen molar-refractivity contribution in [1.82, 2.24) is 4.90 Å². The van der Waals surface area contributed by atoms with Crippen molar-refractivity contribution in [3.05, 3.63) is 45.9 Å². The maximum absolute atomic E-state index is 12.5. The minimum Gasteiger partial charge on any atom is -0.383 e. The van der Waals surface area contributed by atoms with Crippen LogP contribution >= 0.6 is 15.9 Å². The number of halogens is 1. The van der Waals surface area contributed by atoms with Gasteiger partial charge in [0.15, 0.2) is 0 Å². The van der Waals surface area contributed by atoms with Crippen molar-refractivity contribution in [3.8, 4) is 0 Å². The first-order valence-corrected chi connectivity index (χ1v) is 7.01. The summed E-state index contributed by atoms with van der Waals surface area (Å²) in [5, 5.41) is 1.61. The van der Waals surface area contributed by atoms with Crippen LogP contribution in [0.5, 0.6) is 0 Å². The van der Waals surface area contributed by atoms with Crippen LogP contribution in [0.25, 0.3) is 10.8 Å². The van der Waals surface area contributed by atoms with E-state index in [2.05, 4.69) is 15.9 Å². The molecule has 0 saturated carbocycles. The first-order valence-electron chi connectivity index (χ1n) is 6.21. The predicted molar refractivity (Wildman–Crippen MR) is 78.9 cm³/mol. The number of hydrogen-bond donors (Lipinski definition) is 0. The molecule has 0 atom stereocenters. The second-order valence-corrected chi connectivity index (χ2v) is 5.43. The molecule has 20 heavy (non-hydrogen) atoms. The fourth-order valence-corrected chi connectivity index (χ4v) is 2.96. The average Bonchev–Trinajstić information content (AvgIpc) is 2.46. The van der Waals surface area contributed by atoms with Crippen LogP contribution < -0.4 is 0 Å². The van der Waals surface area contributed by atoms with Crippen LogP contribution in [0.1, 0.15) is 20.7 Å². The van der Waals surface area contributed by atoms with Crippen LogP contribution in [-0.4, -0.2) is 37.0 Å². The summed E-state index contributed by atoms with van der Waals surface area (Å²) in [7, 11) is 1.55. The highest BCUT2D eigenvalue weighted by Crippen LogP contribution is 2.34. The molecule has 2 amide bonds. The Balaban J connectivity index is 2.23. The molecule has 1 aliphatic heterocycles. The molecule has 2 aromatic rings. The molecule has 5 heteroatoms. The number of carbonyl (C=O) groups is 2. The number of ether oxygens (including phenoxy) is 1. The normalized spacial score (nSPS) is 14.2. The third-order valence-corrected chi connectivity index (χ3v) is 4.15. The van der Waals surface area contributed by atoms with E-state index in [1.54, 1.807) is 19.2 Å². The van der Waals surface area contributed by atoms with Gasteiger partial charge in [-0.3, -0.25) is 14.5 Å². The lowest BCUT2D eigenvalue weighted by Gasteiger charge is -2.27. The van der Waals surface area contributed by atoms with Crippen LogP contribution in [0.2, 0.25) is 0 Å². The van der Waals surface area contributed by atoms with Crippen LogP contribution in [0.4, 0.5) is 0 Å². The summed E-state index contributed by atoms with van der Waals surface area (Å²) in [6.45, 7) is 0.597. The van der Waals surface area contributed by atoms with Crippen LogP contribution in [0, 0.1) is 0 Å². The summed E-state index contributed by atoms with van der Waals surface area (Å²) in [4.78, 5) is 26.2. The smallest absolute Gasteiger partial charge is 0.261 e. The fourth-order valence-electron chi connectivity index (χ4n) is 2.50. The molecule has 0 saturated heterocycles. The molecule has 4 nitrogen and oxygen atoms in total. The Bertz CT molecular complexity index is 704. The van der Waals surface area contributed by atoms with Gasteiger partial charge >= 0.3 is 0 Å². The van der Waals surface area contributed by atoms with Crippen molar-refractivity contribution >= 4 is 38.5 Å². The quantitative estimate of drug-likeness (QED) is 0.811. The molecule has 102 valence electrons. The van der Waals surface area contributed by atoms with E-state index < -0.39 is 0 Å². The third-order valence-electron chi connectivity index (χ3n) is 3.46. The monoisotopic (exact) mass is 333 g/mol. The molecule has 2 aromatic carbocycles. The predicted octanol–water partition coefficient (Wildman–Crippen LogP) is 2.84. The molecule has 1 aliphatic rings. The Hall–Kier alpha value is -1.72. The number of amides is 2. The van der Waals surface area contributed by atoms with Crippen molar-refractivity contribution in [2.24, 2.45) is 0 Å². The van der Waals surface area contributed by atoms with Crippen molar-refractivity contribution in [1.29, 1.82) is 0 Å². The lowest BCUT2D eigenvalue weighted by molar-refractivity contribution is 0.0560. The standard InChI is InChI=1S/C15H12BrNO3/c1-20-8-7-17-14(18)10-4-2-3-9-12(16)6-5-11(13(9)10)15(17)19/h2-6H,7-8H2,1H3. The van der Waals surface area contributed by atoms with E-state index in [1.807, 2.05) is 18.2 Å². The van der Waals surface area contributed by atoms with E-state index in [1.165, 1.54) is 4.90 Å². The number of hydrogen-bond acceptors (Lipinski definition) is 3. The topological polar surface area (TPSA) is 46.6 Å². The molecular weight excluding hydrogens is 322 g/mol. The van der Waals surface area contributed by atoms with Gasteiger partial charge in [0.05, 0.1) is 13.2 Å². The van der Waals surface area contributed by atoms with Crippen LogP contribution in [0.3, 0.4) is 0 Å². The Morgan fingerprint density at radius 1 is 1.10 bits per heavy atom. The number of nitrogens with zero attached hydrogens (tertiary/aromatic N) is 1. The van der Waals surface area contributed by atoms with Gasteiger partial charge in [-0.1, -0.05) is 28.1 Å². The molecule has 3 rings (SSSR count). The van der Waals surface area contributed by atoms with Gasteiger partial charge in [-0.25, -0.2) is 0 Å². The average molecular weight is 334 g/mol. The van der Waals surface area contributed by atoms with Crippen molar-refractivity contribution < 1.29 is 14.3 Å². The van der Waals surface area contributed by atoms with E-state index in [4.69, 9.17) is 4.74 Å². The zero-order chi connectivity index (χ0) is 14.3. The van der Waals surface area contributed by atoms with Gasteiger partial charge in [-0.15, -0.1) is 0 Å². The maximum Gasteiger partial charge on any atom is 0.261 e. The highest BCUT2D eigenvalue weighted by Gasteiger charge is 2.32. The summed E-state index contributed by atoms with van der Waals surface area (Å²) >= 11 is 3.46. The minimum absolute atomic E-state index is 0.261. The van der Waals surface area contributed by atoms with Crippen molar-refractivity contribution in [3.63, 3.8) is 0 Å². The van der Waals surface area contributed by atoms with E-state index in [9.17, 15) is 9.59 Å². The van der Waals surface area contributed by atoms with Crippen molar-refractivity contribution in [2.45, 2.75) is 0 Å². The highest BCUT2D eigenvalue weighted by atomic mass is 79.9. The Morgan fingerprint density at radius 3 is 2.50 bits per heavy atom. The van der Waals surface area contributed by atoms with Gasteiger partial charge in [0.1, 0.15) is 0 Å². The Kier molecular flexibility index (Phi) is 3.31. The Morgan fingerprint density at radius 2 is 1.80 bits per heavy atom. The second kappa shape index (κ2) is 5.00. The summed E-state index contributed by atoms with van der Waals surface area (Å²) in [6.07, 6.45) is 0. The number of benzene rings is 2. The molecule has 0 spiro atoms. The zero-order valence-electron chi connectivity index (χ0n) is 10.9. The molecule has 0 aromatic heterocycles. The molecule has 0 fully saturated rings. The molecule has 1 heterocycles.